The third kappa shape index (κ3) is 2.25. The maximum Gasteiger partial charge on any atom is 0.206 e. The monoisotopic (exact) mass is 288 g/mol. The summed E-state index contributed by atoms with van der Waals surface area (Å²) in [7, 11) is -3.47. The minimum absolute atomic E-state index is 0.302. The minimum atomic E-state index is -3.47. The first-order valence-electron chi connectivity index (χ1n) is 6.70. The second kappa shape index (κ2) is 5.04. The Bertz CT molecular complexity index is 721. The summed E-state index contributed by atoms with van der Waals surface area (Å²) in [5, 5.41) is 9.92. The highest BCUT2D eigenvalue weighted by atomic mass is 32.2. The maximum absolute atomic E-state index is 12.5. The smallest absolute Gasteiger partial charge is 0.206 e. The normalized spacial score (nSPS) is 18.6. The van der Waals surface area contributed by atoms with E-state index in [2.05, 4.69) is 0 Å². The first-order chi connectivity index (χ1) is 9.59. The third-order valence-corrected chi connectivity index (χ3v) is 5.53. The van der Waals surface area contributed by atoms with E-state index in [-0.39, 0.29) is 0 Å². The van der Waals surface area contributed by atoms with E-state index in [1.54, 1.807) is 48.5 Å². The lowest BCUT2D eigenvalue weighted by atomic mass is 9.90. The van der Waals surface area contributed by atoms with Gasteiger partial charge in [-0.2, -0.15) is 0 Å². The molecule has 104 valence electrons. The summed E-state index contributed by atoms with van der Waals surface area (Å²) in [5.74, 6) is 0. The van der Waals surface area contributed by atoms with Crippen LogP contribution in [0.5, 0.6) is 0 Å². The fraction of sp³-hybridized carbons (Fsp3) is 0.250. The molecule has 0 amide bonds. The van der Waals surface area contributed by atoms with Crippen molar-refractivity contribution < 1.29 is 13.5 Å². The predicted molar refractivity (Wildman–Crippen MR) is 76.2 cm³/mol. The molecule has 1 N–H and O–H groups in total. The lowest BCUT2D eigenvalue weighted by molar-refractivity contribution is 0.156. The number of fused-ring (bicyclic) bond motifs is 1. The van der Waals surface area contributed by atoms with Crippen LogP contribution < -0.4 is 0 Å². The van der Waals surface area contributed by atoms with Gasteiger partial charge in [0, 0.05) is 0 Å². The quantitative estimate of drug-likeness (QED) is 0.924. The first kappa shape index (κ1) is 13.3. The molecule has 2 aromatic rings. The average molecular weight is 288 g/mol. The highest BCUT2D eigenvalue weighted by Gasteiger charge is 2.22. The molecule has 20 heavy (non-hydrogen) atoms. The highest BCUT2D eigenvalue weighted by Crippen LogP contribution is 2.32. The van der Waals surface area contributed by atoms with Crippen LogP contribution in [0.25, 0.3) is 0 Å². The SMILES string of the molecule is O=S(=O)(c1ccccc1)c1ccc2c(c1)CCC[C@@H]2O. The van der Waals surface area contributed by atoms with Gasteiger partial charge in [-0.15, -0.1) is 0 Å². The molecule has 0 spiro atoms. The van der Waals surface area contributed by atoms with E-state index in [1.165, 1.54) is 0 Å². The topological polar surface area (TPSA) is 54.4 Å². The lowest BCUT2D eigenvalue weighted by Crippen LogP contribution is -2.11. The lowest BCUT2D eigenvalue weighted by Gasteiger charge is -2.21. The van der Waals surface area contributed by atoms with Gasteiger partial charge in [-0.05, 0) is 54.7 Å². The number of sulfone groups is 1. The summed E-state index contributed by atoms with van der Waals surface area (Å²) in [6.07, 6.45) is 2.00. The molecule has 2 aromatic carbocycles. The predicted octanol–water partition coefficient (Wildman–Crippen LogP) is 2.89. The van der Waals surface area contributed by atoms with Gasteiger partial charge in [-0.3, -0.25) is 0 Å². The molecule has 4 heteroatoms. The maximum atomic E-state index is 12.5. The van der Waals surface area contributed by atoms with Gasteiger partial charge in [0.05, 0.1) is 15.9 Å². The van der Waals surface area contributed by atoms with Gasteiger partial charge >= 0.3 is 0 Å². The van der Waals surface area contributed by atoms with Crippen molar-refractivity contribution in [1.82, 2.24) is 0 Å². The Morgan fingerprint density at radius 2 is 1.75 bits per heavy atom. The van der Waals surface area contributed by atoms with Crippen LogP contribution >= 0.6 is 0 Å². The van der Waals surface area contributed by atoms with Gasteiger partial charge in [0.25, 0.3) is 0 Å². The van der Waals surface area contributed by atoms with Crippen LogP contribution in [-0.4, -0.2) is 13.5 Å². The molecule has 0 aromatic heterocycles. The van der Waals surface area contributed by atoms with Crippen molar-refractivity contribution in [2.75, 3.05) is 0 Å². The zero-order valence-corrected chi connectivity index (χ0v) is 11.8. The molecular weight excluding hydrogens is 272 g/mol. The molecule has 0 bridgehead atoms. The van der Waals surface area contributed by atoms with Gasteiger partial charge in [-0.1, -0.05) is 24.3 Å². The fourth-order valence-electron chi connectivity index (χ4n) is 2.67. The van der Waals surface area contributed by atoms with E-state index in [1.807, 2.05) is 0 Å². The van der Waals surface area contributed by atoms with Gasteiger partial charge in [0.2, 0.25) is 9.84 Å². The molecule has 0 unspecified atom stereocenters. The van der Waals surface area contributed by atoms with Crippen molar-refractivity contribution in [2.24, 2.45) is 0 Å². The zero-order chi connectivity index (χ0) is 14.2. The number of hydrogen-bond acceptors (Lipinski definition) is 3. The van der Waals surface area contributed by atoms with Crippen LogP contribution in [0.4, 0.5) is 0 Å². The largest absolute Gasteiger partial charge is 0.388 e. The summed E-state index contributed by atoms with van der Waals surface area (Å²) in [5.41, 5.74) is 1.81. The second-order valence-corrected chi connectivity index (χ2v) is 7.03. The minimum Gasteiger partial charge on any atom is -0.388 e. The van der Waals surface area contributed by atoms with Gasteiger partial charge in [0.1, 0.15) is 0 Å². The Kier molecular flexibility index (Phi) is 3.36. The molecule has 3 nitrogen and oxygen atoms in total. The molecular formula is C16H16O3S. The Balaban J connectivity index is 2.08. The molecule has 0 aliphatic heterocycles. The van der Waals surface area contributed by atoms with Crippen molar-refractivity contribution in [2.45, 2.75) is 35.2 Å². The molecule has 0 radical (unpaired) electrons. The van der Waals surface area contributed by atoms with Crippen LogP contribution in [-0.2, 0) is 16.3 Å². The van der Waals surface area contributed by atoms with Crippen LogP contribution in [0.2, 0.25) is 0 Å². The fourth-order valence-corrected chi connectivity index (χ4v) is 4.00. The summed E-state index contributed by atoms with van der Waals surface area (Å²) in [4.78, 5) is 0.604. The molecule has 0 fully saturated rings. The van der Waals surface area contributed by atoms with E-state index in [0.717, 1.165) is 30.4 Å². The number of aryl methyl sites for hydroxylation is 1. The molecule has 3 rings (SSSR count). The number of hydrogen-bond donors (Lipinski definition) is 1. The third-order valence-electron chi connectivity index (χ3n) is 3.76. The van der Waals surface area contributed by atoms with E-state index in [9.17, 15) is 13.5 Å². The molecule has 1 aliphatic rings. The number of benzene rings is 2. The zero-order valence-electron chi connectivity index (χ0n) is 11.0. The first-order valence-corrected chi connectivity index (χ1v) is 8.18. The van der Waals surface area contributed by atoms with Crippen molar-refractivity contribution in [3.8, 4) is 0 Å². The second-order valence-electron chi connectivity index (χ2n) is 5.09. The van der Waals surface area contributed by atoms with Crippen molar-refractivity contribution >= 4 is 9.84 Å². The Labute approximate surface area is 118 Å². The number of aliphatic hydroxyl groups is 1. The van der Waals surface area contributed by atoms with Crippen molar-refractivity contribution in [3.05, 3.63) is 59.7 Å². The molecule has 0 saturated heterocycles. The van der Waals surface area contributed by atoms with Crippen LogP contribution in [0.1, 0.15) is 30.1 Å². The molecule has 1 aliphatic carbocycles. The Hall–Kier alpha value is -1.65. The van der Waals surface area contributed by atoms with Crippen LogP contribution in [0, 0.1) is 0 Å². The summed E-state index contributed by atoms with van der Waals surface area (Å²) in [6, 6.07) is 13.5. The Morgan fingerprint density at radius 1 is 1.00 bits per heavy atom. The van der Waals surface area contributed by atoms with E-state index >= 15 is 0 Å². The van der Waals surface area contributed by atoms with E-state index in [0.29, 0.717) is 9.79 Å². The van der Waals surface area contributed by atoms with E-state index in [4.69, 9.17) is 0 Å². The Morgan fingerprint density at radius 3 is 2.50 bits per heavy atom. The van der Waals surface area contributed by atoms with Gasteiger partial charge in [0.15, 0.2) is 0 Å². The highest BCUT2D eigenvalue weighted by molar-refractivity contribution is 7.91. The van der Waals surface area contributed by atoms with Crippen molar-refractivity contribution in [1.29, 1.82) is 0 Å². The molecule has 0 saturated carbocycles. The standard InChI is InChI=1S/C16H16O3S/c17-16-8-4-5-12-11-14(9-10-15(12)16)20(18,19)13-6-2-1-3-7-13/h1-3,6-7,9-11,16-17H,4-5,8H2/t16-/m0/s1. The summed E-state index contributed by atoms with van der Waals surface area (Å²) < 4.78 is 25.1. The number of rotatable bonds is 2. The average Bonchev–Trinajstić information content (AvgIpc) is 2.48. The van der Waals surface area contributed by atoms with Crippen LogP contribution in [0.15, 0.2) is 58.3 Å². The molecule has 1 atom stereocenters. The summed E-state index contributed by atoms with van der Waals surface area (Å²) in [6.45, 7) is 0. The van der Waals surface area contributed by atoms with Crippen molar-refractivity contribution in [3.63, 3.8) is 0 Å². The summed E-state index contributed by atoms with van der Waals surface area (Å²) >= 11 is 0. The molecule has 0 heterocycles. The number of aliphatic hydroxyl groups excluding tert-OH is 1. The van der Waals surface area contributed by atoms with Gasteiger partial charge in [-0.25, -0.2) is 8.42 Å². The van der Waals surface area contributed by atoms with Crippen LogP contribution in [0.3, 0.4) is 0 Å². The van der Waals surface area contributed by atoms with E-state index < -0.39 is 15.9 Å². The van der Waals surface area contributed by atoms with Gasteiger partial charge < -0.3 is 5.11 Å².